The van der Waals surface area contributed by atoms with Crippen LogP contribution in [0, 0.1) is 11.6 Å². The fourth-order valence-corrected chi connectivity index (χ4v) is 1.15. The molecule has 0 aliphatic rings. The highest BCUT2D eigenvalue weighted by molar-refractivity contribution is 9.10. The van der Waals surface area contributed by atoms with Crippen molar-refractivity contribution in [2.24, 2.45) is 0 Å². The second kappa shape index (κ2) is 8.21. The van der Waals surface area contributed by atoms with Gasteiger partial charge in [-0.25, -0.2) is 8.78 Å². The highest BCUT2D eigenvalue weighted by atomic mass is 79.9. The van der Waals surface area contributed by atoms with Crippen molar-refractivity contribution in [3.63, 3.8) is 0 Å². The van der Waals surface area contributed by atoms with Crippen molar-refractivity contribution >= 4 is 21.9 Å². The monoisotopic (exact) mass is 294 g/mol. The zero-order chi connectivity index (χ0) is 12.6. The van der Waals surface area contributed by atoms with Crippen LogP contribution in [-0.2, 0) is 4.79 Å². The number of carboxylic acids is 1. The molecule has 0 atom stereocenters. The number of carbonyl (C=O) groups is 1. The molecular weight excluding hydrogens is 282 g/mol. The molecule has 0 radical (unpaired) electrons. The number of carboxylic acid groups (broad SMARTS) is 1. The van der Waals surface area contributed by atoms with Crippen LogP contribution >= 0.6 is 15.9 Å². The Morgan fingerprint density at radius 2 is 2.06 bits per heavy atom. The fourth-order valence-electron chi connectivity index (χ4n) is 0.799. The lowest BCUT2D eigenvalue weighted by atomic mass is 10.3. The molecule has 0 aromatic heterocycles. The lowest BCUT2D eigenvalue weighted by Gasteiger charge is -1.90. The molecule has 1 aromatic rings. The smallest absolute Gasteiger partial charge is 0.303 e. The summed E-state index contributed by atoms with van der Waals surface area (Å²) in [4.78, 5) is 9.76. The van der Waals surface area contributed by atoms with Crippen molar-refractivity contribution < 1.29 is 18.7 Å². The Morgan fingerprint density at radius 3 is 2.38 bits per heavy atom. The molecule has 5 heteroatoms. The van der Waals surface area contributed by atoms with Crippen LogP contribution in [0.4, 0.5) is 8.78 Å². The lowest BCUT2D eigenvalue weighted by Crippen LogP contribution is -1.91. The van der Waals surface area contributed by atoms with Crippen LogP contribution in [0.5, 0.6) is 0 Å². The van der Waals surface area contributed by atoms with Crippen LogP contribution in [0.2, 0.25) is 0 Å². The molecule has 0 unspecified atom stereocenters. The van der Waals surface area contributed by atoms with Crippen LogP contribution in [0.3, 0.4) is 0 Å². The van der Waals surface area contributed by atoms with Crippen molar-refractivity contribution in [3.8, 4) is 0 Å². The molecule has 2 nitrogen and oxygen atoms in total. The largest absolute Gasteiger partial charge is 0.481 e. The molecule has 1 N–H and O–H groups in total. The molecule has 0 saturated carbocycles. The third-order valence-corrected chi connectivity index (χ3v) is 2.23. The zero-order valence-corrected chi connectivity index (χ0v) is 10.4. The van der Waals surface area contributed by atoms with Gasteiger partial charge in [-0.15, -0.1) is 0 Å². The van der Waals surface area contributed by atoms with Crippen molar-refractivity contribution in [3.05, 3.63) is 34.3 Å². The predicted molar refractivity (Wildman–Crippen MR) is 61.2 cm³/mol. The summed E-state index contributed by atoms with van der Waals surface area (Å²) >= 11 is 2.83. The first kappa shape index (κ1) is 15.0. The minimum Gasteiger partial charge on any atom is -0.481 e. The highest BCUT2D eigenvalue weighted by Gasteiger charge is 1.97. The number of halogens is 3. The zero-order valence-electron chi connectivity index (χ0n) is 8.84. The quantitative estimate of drug-likeness (QED) is 0.856. The van der Waals surface area contributed by atoms with Crippen molar-refractivity contribution in [2.45, 2.75) is 26.2 Å². The van der Waals surface area contributed by atoms with E-state index < -0.39 is 17.6 Å². The van der Waals surface area contributed by atoms with Crippen LogP contribution in [-0.4, -0.2) is 11.1 Å². The molecule has 0 aliphatic heterocycles. The van der Waals surface area contributed by atoms with Crippen molar-refractivity contribution in [1.29, 1.82) is 0 Å². The van der Waals surface area contributed by atoms with Crippen LogP contribution in [0.15, 0.2) is 22.7 Å². The summed E-state index contributed by atoms with van der Waals surface area (Å²) in [5.74, 6) is -1.58. The predicted octanol–water partition coefficient (Wildman–Crippen LogP) is 3.99. The summed E-state index contributed by atoms with van der Waals surface area (Å²) in [5.41, 5.74) is 0. The maximum atomic E-state index is 12.3. The number of unbranched alkanes of at least 4 members (excludes halogenated alkanes) is 1. The summed E-state index contributed by atoms with van der Waals surface area (Å²) in [5, 5.41) is 8.04. The minimum absolute atomic E-state index is 0.155. The van der Waals surface area contributed by atoms with E-state index in [1.807, 2.05) is 6.92 Å². The van der Waals surface area contributed by atoms with E-state index in [1.165, 1.54) is 0 Å². The van der Waals surface area contributed by atoms with Gasteiger partial charge in [0.15, 0.2) is 0 Å². The van der Waals surface area contributed by atoms with E-state index in [0.29, 0.717) is 6.42 Å². The molecule has 0 spiro atoms. The van der Waals surface area contributed by atoms with E-state index in [4.69, 9.17) is 5.11 Å². The molecule has 90 valence electrons. The number of benzene rings is 1. The Balaban J connectivity index is 0.000000293. The summed E-state index contributed by atoms with van der Waals surface area (Å²) in [7, 11) is 0. The van der Waals surface area contributed by atoms with Gasteiger partial charge in [0.1, 0.15) is 11.6 Å². The van der Waals surface area contributed by atoms with Gasteiger partial charge in [-0.05, 0) is 40.5 Å². The standard InChI is InChI=1S/C6H3BrF2.C5H10O2/c7-5-3-4(8)1-2-6(5)9;1-2-3-4-5(6)7/h1-3H;2-4H2,1H3,(H,6,7). The van der Waals surface area contributed by atoms with Gasteiger partial charge in [0.05, 0.1) is 4.47 Å². The Kier molecular flexibility index (Phi) is 7.72. The average molecular weight is 295 g/mol. The van der Waals surface area contributed by atoms with Gasteiger partial charge in [0.25, 0.3) is 0 Å². The number of rotatable bonds is 3. The number of hydrogen-bond acceptors (Lipinski definition) is 1. The second-order valence-corrected chi connectivity index (χ2v) is 3.91. The van der Waals surface area contributed by atoms with Gasteiger partial charge < -0.3 is 5.11 Å². The molecule has 0 heterocycles. The second-order valence-electron chi connectivity index (χ2n) is 3.06. The molecule has 1 rings (SSSR count). The molecule has 16 heavy (non-hydrogen) atoms. The first-order valence-corrected chi connectivity index (χ1v) is 5.59. The third-order valence-electron chi connectivity index (χ3n) is 1.63. The first-order valence-electron chi connectivity index (χ1n) is 4.79. The Bertz CT molecular complexity index is 343. The van der Waals surface area contributed by atoms with Gasteiger partial charge in [-0.3, -0.25) is 4.79 Å². The summed E-state index contributed by atoms with van der Waals surface area (Å²) in [6.07, 6.45) is 2.08. The fraction of sp³-hybridized carbons (Fsp3) is 0.364. The minimum atomic E-state index is -0.693. The van der Waals surface area contributed by atoms with Crippen molar-refractivity contribution in [2.75, 3.05) is 0 Å². The summed E-state index contributed by atoms with van der Waals surface area (Å²) in [6, 6.07) is 3.22. The van der Waals surface area contributed by atoms with E-state index in [9.17, 15) is 13.6 Å². The SMILES string of the molecule is CCCCC(=O)O.Fc1ccc(F)c(Br)c1. The Hall–Kier alpha value is -0.970. The van der Waals surface area contributed by atoms with E-state index >= 15 is 0 Å². The highest BCUT2D eigenvalue weighted by Crippen LogP contribution is 2.15. The average Bonchev–Trinajstić information content (AvgIpc) is 2.22. The van der Waals surface area contributed by atoms with Gasteiger partial charge in [-0.1, -0.05) is 13.3 Å². The summed E-state index contributed by atoms with van der Waals surface area (Å²) < 4.78 is 24.6. The van der Waals surface area contributed by atoms with Crippen molar-refractivity contribution in [1.82, 2.24) is 0 Å². The molecular formula is C11H13BrF2O2. The Labute approximate surface area is 101 Å². The van der Waals surface area contributed by atoms with Gasteiger partial charge in [0.2, 0.25) is 0 Å². The van der Waals surface area contributed by atoms with E-state index in [0.717, 1.165) is 31.0 Å². The van der Waals surface area contributed by atoms with Crippen LogP contribution in [0.25, 0.3) is 0 Å². The Morgan fingerprint density at radius 1 is 1.44 bits per heavy atom. The van der Waals surface area contributed by atoms with E-state index in [2.05, 4.69) is 15.9 Å². The molecule has 1 aromatic carbocycles. The lowest BCUT2D eigenvalue weighted by molar-refractivity contribution is -0.137. The molecule has 0 bridgehead atoms. The molecule has 0 aliphatic carbocycles. The van der Waals surface area contributed by atoms with E-state index in [-0.39, 0.29) is 4.47 Å². The number of aliphatic carboxylic acids is 1. The van der Waals surface area contributed by atoms with Crippen LogP contribution < -0.4 is 0 Å². The van der Waals surface area contributed by atoms with Crippen LogP contribution in [0.1, 0.15) is 26.2 Å². The first-order chi connectivity index (χ1) is 7.47. The molecule has 0 fully saturated rings. The number of hydrogen-bond donors (Lipinski definition) is 1. The van der Waals surface area contributed by atoms with Gasteiger partial charge in [-0.2, -0.15) is 0 Å². The third kappa shape index (κ3) is 7.34. The van der Waals surface area contributed by atoms with Gasteiger partial charge >= 0.3 is 5.97 Å². The normalized spacial score (nSPS) is 9.25. The van der Waals surface area contributed by atoms with E-state index in [1.54, 1.807) is 0 Å². The summed E-state index contributed by atoms with van der Waals surface area (Å²) in [6.45, 7) is 1.98. The van der Waals surface area contributed by atoms with Gasteiger partial charge in [0, 0.05) is 6.42 Å². The maximum absolute atomic E-state index is 12.3. The molecule has 0 amide bonds. The molecule has 0 saturated heterocycles. The topological polar surface area (TPSA) is 37.3 Å². The maximum Gasteiger partial charge on any atom is 0.303 e.